The Labute approximate surface area is 126 Å². The molecule has 0 radical (unpaired) electrons. The van der Waals surface area contributed by atoms with Gasteiger partial charge in [0.15, 0.2) is 11.1 Å². The molecule has 0 amide bonds. The Kier molecular flexibility index (Phi) is 6.93. The predicted octanol–water partition coefficient (Wildman–Crippen LogP) is 2.15. The van der Waals surface area contributed by atoms with Gasteiger partial charge in [0.1, 0.15) is 0 Å². The number of rotatable bonds is 6. The van der Waals surface area contributed by atoms with Gasteiger partial charge in [-0.25, -0.2) is 0 Å². The lowest BCUT2D eigenvalue weighted by Crippen LogP contribution is -2.46. The Bertz CT molecular complexity index is 461. The molecule has 1 aromatic rings. The highest BCUT2D eigenvalue weighted by atomic mass is 32.1. The molecule has 110 valence electrons. The zero-order valence-electron chi connectivity index (χ0n) is 12.1. The fraction of sp³-hybridized carbons (Fsp3) is 0.500. The molecule has 0 saturated heterocycles. The van der Waals surface area contributed by atoms with Crippen molar-refractivity contribution in [3.05, 3.63) is 29.6 Å². The highest BCUT2D eigenvalue weighted by Gasteiger charge is 2.14. The summed E-state index contributed by atoms with van der Waals surface area (Å²) in [6.45, 7) is 5.36. The molecule has 0 aliphatic rings. The summed E-state index contributed by atoms with van der Waals surface area (Å²) in [7, 11) is 0. The van der Waals surface area contributed by atoms with Gasteiger partial charge < -0.3 is 11.1 Å². The highest BCUT2D eigenvalue weighted by Crippen LogP contribution is 2.07. The third-order valence-electron chi connectivity index (χ3n) is 3.02. The molecule has 0 fully saturated rings. The fourth-order valence-electron chi connectivity index (χ4n) is 1.77. The third kappa shape index (κ3) is 5.13. The maximum atomic E-state index is 7.67. The number of unbranched alkanes of at least 4 members (excludes halogenated alkanes) is 2. The van der Waals surface area contributed by atoms with Crippen molar-refractivity contribution in [2.75, 3.05) is 6.54 Å². The lowest BCUT2D eigenvalue weighted by Gasteiger charge is -2.24. The Hall–Kier alpha value is -1.69. The van der Waals surface area contributed by atoms with Crippen LogP contribution in [0.3, 0.4) is 0 Å². The predicted molar refractivity (Wildman–Crippen MR) is 86.6 cm³/mol. The summed E-state index contributed by atoms with van der Waals surface area (Å²) in [5, 5.41) is 11.3. The molecule has 0 aliphatic carbocycles. The Morgan fingerprint density at radius 3 is 2.85 bits per heavy atom. The molecule has 5 nitrogen and oxygen atoms in total. The van der Waals surface area contributed by atoms with E-state index in [4.69, 9.17) is 23.4 Å². The molecule has 20 heavy (non-hydrogen) atoms. The highest BCUT2D eigenvalue weighted by molar-refractivity contribution is 7.80. The van der Waals surface area contributed by atoms with Gasteiger partial charge in [0.05, 0.1) is 12.2 Å². The lowest BCUT2D eigenvalue weighted by molar-refractivity contribution is 0.557. The SMILES string of the molecule is CCCCCNC(=S)N(Cc1ncccc1C)C(=N)N. The van der Waals surface area contributed by atoms with Crippen molar-refractivity contribution in [3.8, 4) is 0 Å². The molecule has 0 bridgehead atoms. The van der Waals surface area contributed by atoms with Crippen LogP contribution in [0.1, 0.15) is 37.4 Å². The number of pyridine rings is 1. The first-order valence-corrected chi connectivity index (χ1v) is 7.27. The van der Waals surface area contributed by atoms with E-state index >= 15 is 0 Å². The number of aromatic nitrogens is 1. The summed E-state index contributed by atoms with van der Waals surface area (Å²) < 4.78 is 0. The summed E-state index contributed by atoms with van der Waals surface area (Å²) in [5.74, 6) is -0.0666. The van der Waals surface area contributed by atoms with Gasteiger partial charge >= 0.3 is 0 Å². The van der Waals surface area contributed by atoms with E-state index < -0.39 is 0 Å². The second-order valence-electron chi connectivity index (χ2n) is 4.68. The molecule has 0 unspecified atom stereocenters. The monoisotopic (exact) mass is 293 g/mol. The first-order valence-electron chi connectivity index (χ1n) is 6.86. The van der Waals surface area contributed by atoms with E-state index in [0.29, 0.717) is 11.7 Å². The van der Waals surface area contributed by atoms with Gasteiger partial charge in [0.25, 0.3) is 0 Å². The average Bonchev–Trinajstić information content (AvgIpc) is 2.42. The quantitative estimate of drug-likeness (QED) is 0.324. The van der Waals surface area contributed by atoms with Crippen molar-refractivity contribution in [2.45, 2.75) is 39.7 Å². The number of hydrogen-bond acceptors (Lipinski definition) is 3. The second kappa shape index (κ2) is 8.47. The molecular formula is C14H23N5S. The first kappa shape index (κ1) is 16.4. The van der Waals surface area contributed by atoms with Gasteiger partial charge in [-0.1, -0.05) is 25.8 Å². The van der Waals surface area contributed by atoms with Crippen LogP contribution in [0.25, 0.3) is 0 Å². The normalized spacial score (nSPS) is 10.1. The van der Waals surface area contributed by atoms with E-state index in [1.54, 1.807) is 11.1 Å². The number of hydrogen-bond donors (Lipinski definition) is 3. The summed E-state index contributed by atoms with van der Waals surface area (Å²) in [6.07, 6.45) is 5.12. The van der Waals surface area contributed by atoms with Crippen molar-refractivity contribution < 1.29 is 0 Å². The van der Waals surface area contributed by atoms with Crippen LogP contribution in [0.15, 0.2) is 18.3 Å². The molecule has 1 aromatic heterocycles. The van der Waals surface area contributed by atoms with Crippen molar-refractivity contribution in [3.63, 3.8) is 0 Å². The average molecular weight is 293 g/mol. The maximum absolute atomic E-state index is 7.67. The standard InChI is InChI=1S/C14H23N5S/c1-3-4-5-8-18-14(20)19(13(15)16)10-12-11(2)7-6-9-17-12/h6-7,9H,3-5,8,10H2,1-2H3,(H3,15,16)(H,18,20). The minimum atomic E-state index is -0.0666. The van der Waals surface area contributed by atoms with E-state index in [1.165, 1.54) is 0 Å². The first-order chi connectivity index (χ1) is 9.56. The summed E-state index contributed by atoms with van der Waals surface area (Å²) >= 11 is 5.31. The minimum Gasteiger partial charge on any atom is -0.370 e. The van der Waals surface area contributed by atoms with Crippen LogP contribution in [-0.4, -0.2) is 27.5 Å². The van der Waals surface area contributed by atoms with Crippen LogP contribution < -0.4 is 11.1 Å². The van der Waals surface area contributed by atoms with Crippen LogP contribution in [0.2, 0.25) is 0 Å². The van der Waals surface area contributed by atoms with Gasteiger partial charge in [-0.15, -0.1) is 0 Å². The van der Waals surface area contributed by atoms with E-state index in [-0.39, 0.29) is 5.96 Å². The third-order valence-corrected chi connectivity index (χ3v) is 3.38. The van der Waals surface area contributed by atoms with E-state index in [1.807, 2.05) is 19.1 Å². The molecule has 0 aromatic carbocycles. The van der Waals surface area contributed by atoms with Crippen molar-refractivity contribution in [2.24, 2.45) is 5.73 Å². The van der Waals surface area contributed by atoms with Crippen molar-refractivity contribution in [1.29, 1.82) is 5.41 Å². The number of nitrogens with two attached hydrogens (primary N) is 1. The van der Waals surface area contributed by atoms with E-state index in [0.717, 1.165) is 37.1 Å². The Morgan fingerprint density at radius 1 is 1.50 bits per heavy atom. The van der Waals surface area contributed by atoms with Gasteiger partial charge in [-0.05, 0) is 37.2 Å². The lowest BCUT2D eigenvalue weighted by atomic mass is 10.2. The fourth-order valence-corrected chi connectivity index (χ4v) is 2.03. The molecule has 0 spiro atoms. The van der Waals surface area contributed by atoms with Crippen LogP contribution in [0, 0.1) is 12.3 Å². The molecule has 1 rings (SSSR count). The number of aryl methyl sites for hydroxylation is 1. The molecule has 1 heterocycles. The topological polar surface area (TPSA) is 78.0 Å². The van der Waals surface area contributed by atoms with Crippen LogP contribution in [0.4, 0.5) is 0 Å². The number of nitrogens with one attached hydrogen (secondary N) is 2. The molecule has 0 atom stereocenters. The van der Waals surface area contributed by atoms with Gasteiger partial charge in [0, 0.05) is 12.7 Å². The summed E-state index contributed by atoms with van der Waals surface area (Å²) in [4.78, 5) is 5.88. The largest absolute Gasteiger partial charge is 0.370 e. The maximum Gasteiger partial charge on any atom is 0.195 e. The van der Waals surface area contributed by atoms with Crippen LogP contribution >= 0.6 is 12.2 Å². The summed E-state index contributed by atoms with van der Waals surface area (Å²) in [5.41, 5.74) is 7.56. The van der Waals surface area contributed by atoms with Gasteiger partial charge in [0.2, 0.25) is 0 Å². The van der Waals surface area contributed by atoms with Gasteiger partial charge in [-0.2, -0.15) is 0 Å². The number of nitrogens with zero attached hydrogens (tertiary/aromatic N) is 2. The smallest absolute Gasteiger partial charge is 0.195 e. The van der Waals surface area contributed by atoms with Crippen molar-refractivity contribution >= 4 is 23.3 Å². The van der Waals surface area contributed by atoms with Gasteiger partial charge in [-0.3, -0.25) is 15.3 Å². The zero-order valence-corrected chi connectivity index (χ0v) is 13.0. The zero-order chi connectivity index (χ0) is 15.0. The van der Waals surface area contributed by atoms with Crippen molar-refractivity contribution in [1.82, 2.24) is 15.2 Å². The molecule has 0 saturated carbocycles. The Balaban J connectivity index is 2.63. The van der Waals surface area contributed by atoms with Crippen LogP contribution in [-0.2, 0) is 6.54 Å². The van der Waals surface area contributed by atoms with E-state index in [2.05, 4.69) is 17.2 Å². The molecule has 4 N–H and O–H groups in total. The second-order valence-corrected chi connectivity index (χ2v) is 5.06. The molecule has 6 heteroatoms. The van der Waals surface area contributed by atoms with E-state index in [9.17, 15) is 0 Å². The molecule has 0 aliphatic heterocycles. The number of thiocarbonyl (C=S) groups is 1. The molecular weight excluding hydrogens is 270 g/mol. The Morgan fingerprint density at radius 2 is 2.25 bits per heavy atom. The minimum absolute atomic E-state index is 0.0666. The summed E-state index contributed by atoms with van der Waals surface area (Å²) in [6, 6.07) is 3.87. The number of guanidine groups is 1. The van der Waals surface area contributed by atoms with Crippen LogP contribution in [0.5, 0.6) is 0 Å².